The summed E-state index contributed by atoms with van der Waals surface area (Å²) in [6, 6.07) is 10.8. The number of rotatable bonds is 9. The average Bonchev–Trinajstić information content (AvgIpc) is 3.16. The third-order valence-electron chi connectivity index (χ3n) is 3.90. The summed E-state index contributed by atoms with van der Waals surface area (Å²) in [4.78, 5) is 20.5. The van der Waals surface area contributed by atoms with Crippen molar-refractivity contribution >= 4 is 22.8 Å². The van der Waals surface area contributed by atoms with E-state index in [1.54, 1.807) is 41.1 Å². The average molecular weight is 386 g/mol. The van der Waals surface area contributed by atoms with Crippen molar-refractivity contribution in [3.8, 4) is 17.5 Å². The normalized spacial score (nSPS) is 10.8. The van der Waals surface area contributed by atoms with Crippen LogP contribution in [0.15, 0.2) is 46.5 Å². The van der Waals surface area contributed by atoms with E-state index in [-0.39, 0.29) is 12.2 Å². The van der Waals surface area contributed by atoms with E-state index in [0.29, 0.717) is 34.0 Å². The SMILES string of the molecule is N#CCCCCSc1nc2cc[nH]c2c(=O)n1-c1ccc(OCCF)cc1. The molecule has 0 unspecified atom stereocenters. The third kappa shape index (κ3) is 4.49. The fourth-order valence-corrected chi connectivity index (χ4v) is 3.63. The molecule has 3 rings (SSSR count). The number of nitrogens with one attached hydrogen (secondary N) is 1. The van der Waals surface area contributed by atoms with Crippen molar-refractivity contribution in [1.82, 2.24) is 14.5 Å². The highest BCUT2D eigenvalue weighted by molar-refractivity contribution is 7.99. The fraction of sp³-hybridized carbons (Fsp3) is 0.316. The molecule has 2 aromatic heterocycles. The molecule has 140 valence electrons. The first-order valence-electron chi connectivity index (χ1n) is 8.63. The first kappa shape index (κ1) is 19.0. The van der Waals surface area contributed by atoms with Gasteiger partial charge >= 0.3 is 0 Å². The van der Waals surface area contributed by atoms with Gasteiger partial charge in [-0.1, -0.05) is 11.8 Å². The highest BCUT2D eigenvalue weighted by Gasteiger charge is 2.14. The highest BCUT2D eigenvalue weighted by Crippen LogP contribution is 2.23. The summed E-state index contributed by atoms with van der Waals surface area (Å²) in [6.45, 7) is -0.555. The number of H-pyrrole nitrogens is 1. The number of unbranched alkanes of at least 4 members (excludes halogenated alkanes) is 2. The van der Waals surface area contributed by atoms with Crippen molar-refractivity contribution < 1.29 is 9.13 Å². The second-order valence-corrected chi connectivity index (χ2v) is 6.83. The Morgan fingerprint density at radius 3 is 2.81 bits per heavy atom. The van der Waals surface area contributed by atoms with Crippen molar-refractivity contribution in [3.05, 3.63) is 46.9 Å². The maximum Gasteiger partial charge on any atom is 0.283 e. The molecule has 0 saturated carbocycles. The van der Waals surface area contributed by atoms with Gasteiger partial charge in [-0.05, 0) is 43.2 Å². The van der Waals surface area contributed by atoms with Gasteiger partial charge in [0.1, 0.15) is 24.5 Å². The second kappa shape index (κ2) is 9.24. The second-order valence-electron chi connectivity index (χ2n) is 5.77. The zero-order chi connectivity index (χ0) is 19.1. The van der Waals surface area contributed by atoms with Gasteiger partial charge < -0.3 is 9.72 Å². The third-order valence-corrected chi connectivity index (χ3v) is 4.93. The van der Waals surface area contributed by atoms with Gasteiger partial charge in [0, 0.05) is 18.4 Å². The Balaban J connectivity index is 1.92. The molecule has 8 heteroatoms. The highest BCUT2D eigenvalue weighted by atomic mass is 32.2. The van der Waals surface area contributed by atoms with Gasteiger partial charge in [0.2, 0.25) is 0 Å². The van der Waals surface area contributed by atoms with E-state index in [2.05, 4.69) is 16.0 Å². The lowest BCUT2D eigenvalue weighted by Gasteiger charge is -2.12. The van der Waals surface area contributed by atoms with Crippen LogP contribution in [-0.4, -0.2) is 33.6 Å². The molecular weight excluding hydrogens is 367 g/mol. The van der Waals surface area contributed by atoms with Crippen LogP contribution in [-0.2, 0) is 0 Å². The van der Waals surface area contributed by atoms with Crippen LogP contribution in [0, 0.1) is 11.3 Å². The summed E-state index contributed by atoms with van der Waals surface area (Å²) in [7, 11) is 0. The number of hydrogen-bond acceptors (Lipinski definition) is 5. The molecule has 0 atom stereocenters. The number of alkyl halides is 1. The molecule has 0 amide bonds. The minimum absolute atomic E-state index is 0.000909. The summed E-state index contributed by atoms with van der Waals surface area (Å²) in [5.74, 6) is 1.31. The number of benzene rings is 1. The Labute approximate surface area is 160 Å². The van der Waals surface area contributed by atoms with Gasteiger partial charge in [-0.3, -0.25) is 9.36 Å². The van der Waals surface area contributed by atoms with Crippen molar-refractivity contribution in [2.75, 3.05) is 19.0 Å². The van der Waals surface area contributed by atoms with Crippen molar-refractivity contribution in [1.29, 1.82) is 5.26 Å². The number of hydrogen-bond donors (Lipinski definition) is 1. The number of thioether (sulfide) groups is 1. The van der Waals surface area contributed by atoms with E-state index in [9.17, 15) is 9.18 Å². The van der Waals surface area contributed by atoms with E-state index >= 15 is 0 Å². The molecule has 0 spiro atoms. The zero-order valence-electron chi connectivity index (χ0n) is 14.7. The Morgan fingerprint density at radius 1 is 1.26 bits per heavy atom. The minimum Gasteiger partial charge on any atom is -0.491 e. The predicted molar refractivity (Wildman–Crippen MR) is 103 cm³/mol. The fourth-order valence-electron chi connectivity index (χ4n) is 2.62. The maximum absolute atomic E-state index is 13.0. The van der Waals surface area contributed by atoms with Gasteiger partial charge in [0.15, 0.2) is 5.16 Å². The quantitative estimate of drug-likeness (QED) is 0.343. The van der Waals surface area contributed by atoms with E-state index in [1.807, 2.05) is 0 Å². The van der Waals surface area contributed by atoms with Crippen LogP contribution < -0.4 is 10.3 Å². The maximum atomic E-state index is 13.0. The Morgan fingerprint density at radius 2 is 2.07 bits per heavy atom. The predicted octanol–water partition coefficient (Wildman–Crippen LogP) is 3.85. The van der Waals surface area contributed by atoms with E-state index in [0.717, 1.165) is 18.6 Å². The summed E-state index contributed by atoms with van der Waals surface area (Å²) < 4.78 is 19.1. The molecule has 0 fully saturated rings. The molecular formula is C19H19FN4O2S. The zero-order valence-corrected chi connectivity index (χ0v) is 15.5. The number of fused-ring (bicyclic) bond motifs is 1. The van der Waals surface area contributed by atoms with Gasteiger partial charge in [0.25, 0.3) is 5.56 Å². The lowest BCUT2D eigenvalue weighted by atomic mass is 10.3. The van der Waals surface area contributed by atoms with Crippen molar-refractivity contribution in [3.63, 3.8) is 0 Å². The van der Waals surface area contributed by atoms with E-state index in [1.165, 1.54) is 11.8 Å². The molecule has 0 aliphatic carbocycles. The number of nitrogens with zero attached hydrogens (tertiary/aromatic N) is 3. The smallest absolute Gasteiger partial charge is 0.283 e. The van der Waals surface area contributed by atoms with Crippen LogP contribution in [0.4, 0.5) is 4.39 Å². The monoisotopic (exact) mass is 386 g/mol. The number of nitriles is 1. The van der Waals surface area contributed by atoms with E-state index < -0.39 is 6.67 Å². The molecule has 0 radical (unpaired) electrons. The van der Waals surface area contributed by atoms with Gasteiger partial charge in [-0.2, -0.15) is 5.26 Å². The molecule has 2 heterocycles. The Kier molecular flexibility index (Phi) is 6.49. The van der Waals surface area contributed by atoms with Crippen LogP contribution in [0.5, 0.6) is 5.75 Å². The van der Waals surface area contributed by atoms with Gasteiger partial charge in [-0.25, -0.2) is 9.37 Å². The first-order chi connectivity index (χ1) is 13.2. The summed E-state index contributed by atoms with van der Waals surface area (Å²) in [5.41, 5.74) is 1.55. The molecule has 1 aromatic carbocycles. The molecule has 0 aliphatic heterocycles. The van der Waals surface area contributed by atoms with Crippen LogP contribution in [0.3, 0.4) is 0 Å². The number of aromatic amines is 1. The van der Waals surface area contributed by atoms with Crippen LogP contribution in [0.25, 0.3) is 16.7 Å². The van der Waals surface area contributed by atoms with E-state index in [4.69, 9.17) is 10.00 Å². The molecule has 3 aromatic rings. The van der Waals surface area contributed by atoms with Gasteiger partial charge in [-0.15, -0.1) is 0 Å². The van der Waals surface area contributed by atoms with Crippen molar-refractivity contribution in [2.24, 2.45) is 0 Å². The molecule has 0 bridgehead atoms. The summed E-state index contributed by atoms with van der Waals surface area (Å²) in [6.07, 6.45) is 3.91. The topological polar surface area (TPSA) is 83.7 Å². The lowest BCUT2D eigenvalue weighted by molar-refractivity contribution is 0.273. The molecule has 1 N–H and O–H groups in total. The largest absolute Gasteiger partial charge is 0.491 e. The van der Waals surface area contributed by atoms with Crippen molar-refractivity contribution in [2.45, 2.75) is 24.4 Å². The summed E-state index contributed by atoms with van der Waals surface area (Å²) in [5, 5.41) is 9.23. The number of halogens is 1. The molecule has 0 saturated heterocycles. The molecule has 27 heavy (non-hydrogen) atoms. The number of aromatic nitrogens is 3. The number of ether oxygens (including phenoxy) is 1. The first-order valence-corrected chi connectivity index (χ1v) is 9.62. The van der Waals surface area contributed by atoms with Crippen LogP contribution in [0.2, 0.25) is 0 Å². The summed E-state index contributed by atoms with van der Waals surface area (Å²) >= 11 is 1.49. The lowest BCUT2D eigenvalue weighted by Crippen LogP contribution is -2.21. The minimum atomic E-state index is -0.554. The van der Waals surface area contributed by atoms with Gasteiger partial charge in [0.05, 0.1) is 17.3 Å². The Hall–Kier alpha value is -2.79. The molecule has 6 nitrogen and oxygen atoms in total. The standard InChI is InChI=1S/C19H19FN4O2S/c20-9-12-26-15-6-4-14(5-7-15)24-18(25)17-16(8-11-22-17)23-19(24)27-13-3-1-2-10-21/h4-8,11,22H,1-3,9,12-13H2. The Bertz CT molecular complexity index is 992. The van der Waals surface area contributed by atoms with Crippen LogP contribution >= 0.6 is 11.8 Å². The molecule has 0 aliphatic rings. The van der Waals surface area contributed by atoms with Crippen LogP contribution in [0.1, 0.15) is 19.3 Å².